The minimum atomic E-state index is -0.746. The highest BCUT2D eigenvalue weighted by Crippen LogP contribution is 2.37. The molecule has 1 aliphatic rings. The highest BCUT2D eigenvalue weighted by molar-refractivity contribution is 7.07. The summed E-state index contributed by atoms with van der Waals surface area (Å²) in [6.45, 7) is 7.99. The Hall–Kier alpha value is -3.59. The molecule has 3 heterocycles. The Morgan fingerprint density at radius 3 is 2.55 bits per heavy atom. The Bertz CT molecular complexity index is 1900. The number of carbonyl (C=O) groups excluding carboxylic acids is 1. The van der Waals surface area contributed by atoms with Crippen molar-refractivity contribution in [1.29, 1.82) is 0 Å². The SMILES string of the molecule is CCCC1=C(C(=O)OCC)C(c2ccccc2OC)n2c(sc(=Cc3cc(C)n(-c4ccc(Cl)c(Cl)c4)c3C)c2=O)=N1. The molecule has 218 valence electrons. The fourth-order valence-corrected chi connectivity index (χ4v) is 6.71. The van der Waals surface area contributed by atoms with Crippen LogP contribution in [0.3, 0.4) is 0 Å². The van der Waals surface area contributed by atoms with Gasteiger partial charge in [0, 0.05) is 22.6 Å². The molecule has 0 bridgehead atoms. The number of carbonyl (C=O) groups is 1. The summed E-state index contributed by atoms with van der Waals surface area (Å²) < 4.78 is 15.3. The van der Waals surface area contributed by atoms with E-state index in [4.69, 9.17) is 37.7 Å². The molecule has 42 heavy (non-hydrogen) atoms. The number of aromatic nitrogens is 2. The summed E-state index contributed by atoms with van der Waals surface area (Å²) in [5.74, 6) is 0.0851. The van der Waals surface area contributed by atoms with Crippen molar-refractivity contribution in [3.63, 3.8) is 0 Å². The van der Waals surface area contributed by atoms with Gasteiger partial charge in [-0.15, -0.1) is 0 Å². The Labute approximate surface area is 258 Å². The van der Waals surface area contributed by atoms with E-state index in [9.17, 15) is 9.59 Å². The number of hydrogen-bond donors (Lipinski definition) is 0. The molecule has 10 heteroatoms. The van der Waals surface area contributed by atoms with Gasteiger partial charge in [0.25, 0.3) is 5.56 Å². The van der Waals surface area contributed by atoms with E-state index in [1.807, 2.05) is 69.3 Å². The van der Waals surface area contributed by atoms with Crippen LogP contribution in [0.25, 0.3) is 11.8 Å². The first-order chi connectivity index (χ1) is 20.2. The van der Waals surface area contributed by atoms with E-state index in [0.717, 1.165) is 29.1 Å². The van der Waals surface area contributed by atoms with Gasteiger partial charge in [0.15, 0.2) is 4.80 Å². The summed E-state index contributed by atoms with van der Waals surface area (Å²) in [4.78, 5) is 33.0. The van der Waals surface area contributed by atoms with Crippen molar-refractivity contribution < 1.29 is 14.3 Å². The fraction of sp³-hybridized carbons (Fsp3) is 0.281. The summed E-state index contributed by atoms with van der Waals surface area (Å²) in [6.07, 6.45) is 3.22. The van der Waals surface area contributed by atoms with Crippen LogP contribution >= 0.6 is 34.5 Å². The number of benzene rings is 2. The van der Waals surface area contributed by atoms with Gasteiger partial charge in [0.1, 0.15) is 11.8 Å². The lowest BCUT2D eigenvalue weighted by molar-refractivity contribution is -0.139. The van der Waals surface area contributed by atoms with Crippen LogP contribution in [0, 0.1) is 13.8 Å². The maximum Gasteiger partial charge on any atom is 0.338 e. The summed E-state index contributed by atoms with van der Waals surface area (Å²) in [7, 11) is 1.58. The molecule has 0 amide bonds. The van der Waals surface area contributed by atoms with Crippen LogP contribution in [0.4, 0.5) is 0 Å². The number of esters is 1. The first-order valence-corrected chi connectivity index (χ1v) is 15.3. The van der Waals surface area contributed by atoms with Gasteiger partial charge < -0.3 is 14.0 Å². The largest absolute Gasteiger partial charge is 0.496 e. The van der Waals surface area contributed by atoms with Gasteiger partial charge in [-0.3, -0.25) is 9.36 Å². The molecule has 4 aromatic rings. The first-order valence-electron chi connectivity index (χ1n) is 13.7. The van der Waals surface area contributed by atoms with Gasteiger partial charge in [-0.05, 0) is 69.2 Å². The van der Waals surface area contributed by atoms with Crippen LogP contribution in [-0.4, -0.2) is 28.8 Å². The number of rotatable bonds is 8. The molecule has 2 aromatic heterocycles. The minimum absolute atomic E-state index is 0.208. The molecular formula is C32H31Cl2N3O4S. The molecule has 1 aliphatic heterocycles. The lowest BCUT2D eigenvalue weighted by Crippen LogP contribution is -2.40. The maximum atomic E-state index is 14.2. The second-order valence-corrected chi connectivity index (χ2v) is 11.7. The second-order valence-electron chi connectivity index (χ2n) is 9.92. The monoisotopic (exact) mass is 623 g/mol. The van der Waals surface area contributed by atoms with Gasteiger partial charge in [0.2, 0.25) is 0 Å². The number of nitrogens with zero attached hydrogens (tertiary/aromatic N) is 3. The highest BCUT2D eigenvalue weighted by Gasteiger charge is 2.35. The van der Waals surface area contributed by atoms with Gasteiger partial charge in [-0.2, -0.15) is 0 Å². The Morgan fingerprint density at radius 2 is 1.86 bits per heavy atom. The molecular weight excluding hydrogens is 593 g/mol. The van der Waals surface area contributed by atoms with Crippen LogP contribution in [0.5, 0.6) is 5.75 Å². The molecule has 0 N–H and O–H groups in total. The number of allylic oxidation sites excluding steroid dienone is 1. The normalized spacial score (nSPS) is 15.0. The lowest BCUT2D eigenvalue weighted by atomic mass is 9.93. The second kappa shape index (κ2) is 12.3. The summed E-state index contributed by atoms with van der Waals surface area (Å²) >= 11 is 13.8. The van der Waals surface area contributed by atoms with Crippen LogP contribution < -0.4 is 19.6 Å². The van der Waals surface area contributed by atoms with Crippen LogP contribution in [-0.2, 0) is 9.53 Å². The molecule has 1 atom stereocenters. The van der Waals surface area contributed by atoms with E-state index < -0.39 is 12.0 Å². The van der Waals surface area contributed by atoms with E-state index >= 15 is 0 Å². The number of thiazole rings is 1. The highest BCUT2D eigenvalue weighted by atomic mass is 35.5. The zero-order valence-corrected chi connectivity index (χ0v) is 26.4. The summed E-state index contributed by atoms with van der Waals surface area (Å²) in [6, 6.07) is 14.2. The number of fused-ring (bicyclic) bond motifs is 1. The van der Waals surface area contributed by atoms with Gasteiger partial charge in [-0.25, -0.2) is 9.79 Å². The molecule has 0 saturated heterocycles. The standard InChI is InChI=1S/C32H31Cl2N3O4S/c1-6-10-25-28(31(39)41-7-2)29(22-11-8-9-12-26(22)40-5)37-30(38)27(42-32(37)35-25)16-20-15-18(3)36(19(20)4)21-13-14-23(33)24(34)17-21/h8-9,11-17,29H,6-7,10H2,1-5H3. The lowest BCUT2D eigenvalue weighted by Gasteiger charge is -2.26. The average Bonchev–Trinajstić information content (AvgIpc) is 3.43. The smallest absolute Gasteiger partial charge is 0.338 e. The van der Waals surface area contributed by atoms with E-state index in [1.54, 1.807) is 24.7 Å². The molecule has 0 spiro atoms. The first kappa shape index (κ1) is 29.9. The van der Waals surface area contributed by atoms with Crippen LogP contribution in [0.1, 0.15) is 55.2 Å². The van der Waals surface area contributed by atoms with Crippen molar-refractivity contribution in [3.05, 3.63) is 112 Å². The topological polar surface area (TPSA) is 74.8 Å². The zero-order chi connectivity index (χ0) is 30.1. The van der Waals surface area contributed by atoms with Crippen molar-refractivity contribution >= 4 is 46.6 Å². The van der Waals surface area contributed by atoms with Gasteiger partial charge in [0.05, 0.1) is 39.6 Å². The summed E-state index contributed by atoms with van der Waals surface area (Å²) in [5.41, 5.74) is 5.11. The van der Waals surface area contributed by atoms with Crippen molar-refractivity contribution in [1.82, 2.24) is 9.13 Å². The minimum Gasteiger partial charge on any atom is -0.496 e. The molecule has 0 aliphatic carbocycles. The molecule has 7 nitrogen and oxygen atoms in total. The maximum absolute atomic E-state index is 14.2. The van der Waals surface area contributed by atoms with Crippen LogP contribution in [0.2, 0.25) is 10.0 Å². The fourth-order valence-electron chi connectivity index (χ4n) is 5.40. The van der Waals surface area contributed by atoms with E-state index in [1.165, 1.54) is 11.3 Å². The Kier molecular flexibility index (Phi) is 8.78. The molecule has 0 fully saturated rings. The number of ether oxygens (including phenoxy) is 2. The van der Waals surface area contributed by atoms with E-state index in [0.29, 0.717) is 48.4 Å². The number of hydrogen-bond acceptors (Lipinski definition) is 6. The number of methoxy groups -OCH3 is 1. The predicted octanol–water partition coefficient (Wildman–Crippen LogP) is 6.30. The number of halogens is 2. The molecule has 1 unspecified atom stereocenters. The number of aryl methyl sites for hydroxylation is 1. The van der Waals surface area contributed by atoms with Crippen molar-refractivity contribution in [2.24, 2.45) is 4.99 Å². The third-order valence-corrected chi connectivity index (χ3v) is 8.97. The molecule has 2 aromatic carbocycles. The van der Waals surface area contributed by atoms with Crippen molar-refractivity contribution in [2.75, 3.05) is 13.7 Å². The summed E-state index contributed by atoms with van der Waals surface area (Å²) in [5, 5.41) is 0.951. The molecule has 5 rings (SSSR count). The Morgan fingerprint density at radius 1 is 1.10 bits per heavy atom. The van der Waals surface area contributed by atoms with E-state index in [2.05, 4.69) is 4.57 Å². The third kappa shape index (κ3) is 5.35. The van der Waals surface area contributed by atoms with Gasteiger partial charge in [-0.1, -0.05) is 66.1 Å². The zero-order valence-electron chi connectivity index (χ0n) is 24.0. The third-order valence-electron chi connectivity index (χ3n) is 7.24. The van der Waals surface area contributed by atoms with Gasteiger partial charge >= 0.3 is 5.97 Å². The molecule has 0 radical (unpaired) electrons. The van der Waals surface area contributed by atoms with Crippen molar-refractivity contribution in [2.45, 2.75) is 46.6 Å². The quantitative estimate of drug-likeness (QED) is 0.216. The predicted molar refractivity (Wildman–Crippen MR) is 168 cm³/mol. The average molecular weight is 625 g/mol. The number of para-hydroxylation sites is 1. The van der Waals surface area contributed by atoms with Crippen LogP contribution in [0.15, 0.2) is 69.6 Å². The Balaban J connectivity index is 1.74. The van der Waals surface area contributed by atoms with Crippen molar-refractivity contribution in [3.8, 4) is 11.4 Å². The molecule has 0 saturated carbocycles. The van der Waals surface area contributed by atoms with E-state index in [-0.39, 0.29) is 12.2 Å².